The number of hydrogen-bond donors (Lipinski definition) is 2. The molecule has 0 aromatic carbocycles. The van der Waals surface area contributed by atoms with Gasteiger partial charge in [-0.2, -0.15) is 0 Å². The largest absolute Gasteiger partial charge is 0.388 e. The molecular weight excluding hydrogens is 252 g/mol. The lowest BCUT2D eigenvalue weighted by Gasteiger charge is -2.28. The van der Waals surface area contributed by atoms with E-state index in [0.717, 1.165) is 37.8 Å². The van der Waals surface area contributed by atoms with Gasteiger partial charge in [0, 0.05) is 44.1 Å². The van der Waals surface area contributed by atoms with Crippen LogP contribution in [0.5, 0.6) is 0 Å². The maximum atomic E-state index is 10.4. The Hall–Kier alpha value is -1.20. The summed E-state index contributed by atoms with van der Waals surface area (Å²) in [7, 11) is 1.95. The molecule has 0 amide bonds. The van der Waals surface area contributed by atoms with E-state index in [4.69, 9.17) is 0 Å². The maximum Gasteiger partial charge on any atom is 0.225 e. The van der Waals surface area contributed by atoms with E-state index in [9.17, 15) is 5.11 Å². The molecular formula is C15H24N4O. The Morgan fingerprint density at radius 1 is 1.30 bits per heavy atom. The number of likely N-dealkylation sites (N-methyl/N-ethyl adjacent to an activating group) is 1. The van der Waals surface area contributed by atoms with Crippen molar-refractivity contribution in [2.75, 3.05) is 18.5 Å². The van der Waals surface area contributed by atoms with Crippen LogP contribution in [0.1, 0.15) is 44.1 Å². The van der Waals surface area contributed by atoms with Gasteiger partial charge >= 0.3 is 0 Å². The lowest BCUT2D eigenvalue weighted by atomic mass is 10.0. The normalized spacial score (nSPS) is 21.1. The van der Waals surface area contributed by atoms with E-state index in [1.54, 1.807) is 0 Å². The zero-order chi connectivity index (χ0) is 14.0. The highest BCUT2D eigenvalue weighted by Crippen LogP contribution is 2.30. The number of hydrogen-bond acceptors (Lipinski definition) is 5. The summed E-state index contributed by atoms with van der Waals surface area (Å²) in [6, 6.07) is 0.703. The molecule has 1 aromatic heterocycles. The Morgan fingerprint density at radius 3 is 2.55 bits per heavy atom. The zero-order valence-corrected chi connectivity index (χ0v) is 12.2. The molecule has 2 N–H and O–H groups in total. The molecule has 20 heavy (non-hydrogen) atoms. The zero-order valence-electron chi connectivity index (χ0n) is 12.2. The minimum Gasteiger partial charge on any atom is -0.388 e. The molecule has 5 nitrogen and oxygen atoms in total. The summed E-state index contributed by atoms with van der Waals surface area (Å²) in [5, 5.41) is 13.9. The third kappa shape index (κ3) is 3.46. The Kier molecular flexibility index (Phi) is 3.89. The van der Waals surface area contributed by atoms with Crippen molar-refractivity contribution < 1.29 is 5.11 Å². The van der Waals surface area contributed by atoms with Crippen molar-refractivity contribution in [3.63, 3.8) is 0 Å². The van der Waals surface area contributed by atoms with Crippen LogP contribution in [0.25, 0.3) is 0 Å². The Balaban J connectivity index is 1.55. The number of aromatic nitrogens is 2. The first kappa shape index (κ1) is 13.8. The van der Waals surface area contributed by atoms with E-state index in [1.807, 2.05) is 24.3 Å². The van der Waals surface area contributed by atoms with Gasteiger partial charge < -0.3 is 15.3 Å². The first-order chi connectivity index (χ1) is 9.65. The van der Waals surface area contributed by atoms with E-state index < -0.39 is 5.60 Å². The molecule has 2 saturated carbocycles. The molecule has 0 atom stereocenters. The smallest absolute Gasteiger partial charge is 0.225 e. The summed E-state index contributed by atoms with van der Waals surface area (Å²) >= 11 is 0. The predicted octanol–water partition coefficient (Wildman–Crippen LogP) is 1.47. The van der Waals surface area contributed by atoms with Crippen LogP contribution in [-0.2, 0) is 6.54 Å². The Labute approximate surface area is 120 Å². The highest BCUT2D eigenvalue weighted by atomic mass is 16.3. The Bertz CT molecular complexity index is 438. The van der Waals surface area contributed by atoms with Crippen LogP contribution in [0.15, 0.2) is 12.4 Å². The molecule has 2 fully saturated rings. The van der Waals surface area contributed by atoms with Gasteiger partial charge in [-0.3, -0.25) is 0 Å². The number of nitrogens with one attached hydrogen (secondary N) is 1. The fourth-order valence-electron chi connectivity index (χ4n) is 2.89. The standard InChI is InChI=1S/C15H24N4O/c1-19(11-15(20)6-2-3-7-15)14-17-9-12(10-18-14)8-16-13-4-5-13/h9-10,13,16,20H,2-8,11H2,1H3. The molecule has 110 valence electrons. The second-order valence-electron chi connectivity index (χ2n) is 6.33. The summed E-state index contributed by atoms with van der Waals surface area (Å²) in [5.74, 6) is 0.695. The second kappa shape index (κ2) is 5.66. The molecule has 0 radical (unpaired) electrons. The topological polar surface area (TPSA) is 61.3 Å². The van der Waals surface area contributed by atoms with Crippen LogP contribution in [0, 0.1) is 0 Å². The predicted molar refractivity (Wildman–Crippen MR) is 78.6 cm³/mol. The van der Waals surface area contributed by atoms with Crippen molar-refractivity contribution in [3.8, 4) is 0 Å². The summed E-state index contributed by atoms with van der Waals surface area (Å²) in [6.45, 7) is 1.46. The van der Waals surface area contributed by atoms with Crippen molar-refractivity contribution in [1.29, 1.82) is 0 Å². The molecule has 2 aliphatic carbocycles. The molecule has 1 aromatic rings. The summed E-state index contributed by atoms with van der Waals surface area (Å²) < 4.78 is 0. The van der Waals surface area contributed by atoms with Crippen molar-refractivity contribution in [3.05, 3.63) is 18.0 Å². The highest BCUT2D eigenvalue weighted by molar-refractivity contribution is 5.29. The monoisotopic (exact) mass is 276 g/mol. The molecule has 0 spiro atoms. The van der Waals surface area contributed by atoms with Crippen molar-refractivity contribution >= 4 is 5.95 Å². The van der Waals surface area contributed by atoms with Gasteiger partial charge in [0.25, 0.3) is 0 Å². The summed E-state index contributed by atoms with van der Waals surface area (Å²) in [5.41, 5.74) is 0.568. The van der Waals surface area contributed by atoms with Crippen LogP contribution in [-0.4, -0.2) is 40.3 Å². The van der Waals surface area contributed by atoms with E-state index >= 15 is 0 Å². The van der Waals surface area contributed by atoms with E-state index in [1.165, 1.54) is 12.8 Å². The van der Waals surface area contributed by atoms with Gasteiger partial charge in [-0.25, -0.2) is 9.97 Å². The SMILES string of the molecule is CN(CC1(O)CCCC1)c1ncc(CNC2CC2)cn1. The van der Waals surface area contributed by atoms with Crippen molar-refractivity contribution in [2.24, 2.45) is 0 Å². The average Bonchev–Trinajstić information content (AvgIpc) is 3.18. The molecule has 1 heterocycles. The Morgan fingerprint density at radius 2 is 1.95 bits per heavy atom. The van der Waals surface area contributed by atoms with Gasteiger partial charge in [0.1, 0.15) is 0 Å². The summed E-state index contributed by atoms with van der Waals surface area (Å²) in [4.78, 5) is 10.8. The average molecular weight is 276 g/mol. The van der Waals surface area contributed by atoms with Crippen molar-refractivity contribution in [2.45, 2.75) is 56.7 Å². The summed E-state index contributed by atoms with van der Waals surface area (Å²) in [6.07, 6.45) is 10.4. The minimum absolute atomic E-state index is 0.551. The molecule has 5 heteroatoms. The molecule has 2 aliphatic rings. The lowest BCUT2D eigenvalue weighted by Crippen LogP contribution is -2.39. The minimum atomic E-state index is -0.551. The van der Waals surface area contributed by atoms with Crippen LogP contribution in [0.4, 0.5) is 5.95 Å². The third-order valence-electron chi connectivity index (χ3n) is 4.27. The quantitative estimate of drug-likeness (QED) is 0.824. The van der Waals surface area contributed by atoms with Crippen LogP contribution < -0.4 is 10.2 Å². The number of anilines is 1. The fraction of sp³-hybridized carbons (Fsp3) is 0.733. The van der Waals surface area contributed by atoms with Gasteiger partial charge in [0.2, 0.25) is 5.95 Å². The molecule has 3 rings (SSSR count). The molecule has 0 unspecified atom stereocenters. The van der Waals surface area contributed by atoms with E-state index in [2.05, 4.69) is 15.3 Å². The lowest BCUT2D eigenvalue weighted by molar-refractivity contribution is 0.0556. The van der Waals surface area contributed by atoms with Gasteiger partial charge in [0.05, 0.1) is 5.60 Å². The highest BCUT2D eigenvalue weighted by Gasteiger charge is 2.32. The van der Waals surface area contributed by atoms with Crippen LogP contribution >= 0.6 is 0 Å². The van der Waals surface area contributed by atoms with Gasteiger partial charge in [-0.05, 0) is 25.7 Å². The van der Waals surface area contributed by atoms with Gasteiger partial charge in [-0.1, -0.05) is 12.8 Å². The van der Waals surface area contributed by atoms with Gasteiger partial charge in [-0.15, -0.1) is 0 Å². The number of rotatable bonds is 6. The van der Waals surface area contributed by atoms with Crippen LogP contribution in [0.2, 0.25) is 0 Å². The molecule has 0 saturated heterocycles. The number of aliphatic hydroxyl groups is 1. The van der Waals surface area contributed by atoms with Crippen LogP contribution in [0.3, 0.4) is 0 Å². The maximum absolute atomic E-state index is 10.4. The van der Waals surface area contributed by atoms with E-state index in [-0.39, 0.29) is 0 Å². The fourth-order valence-corrected chi connectivity index (χ4v) is 2.89. The van der Waals surface area contributed by atoms with E-state index in [0.29, 0.717) is 18.5 Å². The molecule has 0 bridgehead atoms. The van der Waals surface area contributed by atoms with Crippen molar-refractivity contribution in [1.82, 2.24) is 15.3 Å². The first-order valence-corrected chi connectivity index (χ1v) is 7.62. The second-order valence-corrected chi connectivity index (χ2v) is 6.33. The molecule has 0 aliphatic heterocycles. The first-order valence-electron chi connectivity index (χ1n) is 7.62. The number of nitrogens with zero attached hydrogens (tertiary/aromatic N) is 3. The van der Waals surface area contributed by atoms with Gasteiger partial charge in [0.15, 0.2) is 0 Å². The third-order valence-corrected chi connectivity index (χ3v) is 4.27.